The Balaban J connectivity index is 1.80. The molecule has 0 aliphatic carbocycles. The minimum Gasteiger partial charge on any atom is -0.376 e. The monoisotopic (exact) mass is 349 g/mol. The summed E-state index contributed by atoms with van der Waals surface area (Å²) >= 11 is 1.54. The van der Waals surface area contributed by atoms with Crippen LogP contribution < -0.4 is 5.32 Å². The number of ether oxygens (including phenoxy) is 1. The SMILES string of the molecule is Cc1c(CS(C)=O)cccc1NC(=O)c1cc2c(s1)CCOC2. The summed E-state index contributed by atoms with van der Waals surface area (Å²) in [5, 5.41) is 2.98. The molecule has 1 N–H and O–H groups in total. The zero-order valence-electron chi connectivity index (χ0n) is 13.2. The molecular weight excluding hydrogens is 330 g/mol. The fraction of sp³-hybridized carbons (Fsp3) is 0.353. The van der Waals surface area contributed by atoms with E-state index in [1.807, 2.05) is 31.2 Å². The van der Waals surface area contributed by atoms with E-state index in [4.69, 9.17) is 4.74 Å². The number of amides is 1. The van der Waals surface area contributed by atoms with Crippen molar-refractivity contribution >= 4 is 33.7 Å². The van der Waals surface area contributed by atoms with Gasteiger partial charge in [-0.05, 0) is 35.7 Å². The first-order chi connectivity index (χ1) is 11.0. The fourth-order valence-corrected chi connectivity index (χ4v) is 4.43. The Morgan fingerprint density at radius 2 is 2.26 bits per heavy atom. The highest BCUT2D eigenvalue weighted by molar-refractivity contribution is 7.83. The molecule has 1 aromatic heterocycles. The molecule has 1 unspecified atom stereocenters. The van der Waals surface area contributed by atoms with Crippen molar-refractivity contribution in [3.05, 3.63) is 50.7 Å². The van der Waals surface area contributed by atoms with Gasteiger partial charge >= 0.3 is 0 Å². The van der Waals surface area contributed by atoms with Crippen molar-refractivity contribution in [2.45, 2.75) is 25.7 Å². The Bertz CT molecular complexity index is 744. The average Bonchev–Trinajstić information content (AvgIpc) is 2.95. The third-order valence-electron chi connectivity index (χ3n) is 3.90. The molecule has 0 fully saturated rings. The zero-order chi connectivity index (χ0) is 16.4. The number of carbonyl (C=O) groups is 1. The van der Waals surface area contributed by atoms with Gasteiger partial charge in [0, 0.05) is 39.8 Å². The van der Waals surface area contributed by atoms with Gasteiger partial charge in [0.15, 0.2) is 0 Å². The third-order valence-corrected chi connectivity index (χ3v) is 5.86. The molecule has 0 bridgehead atoms. The van der Waals surface area contributed by atoms with Crippen LogP contribution in [0.15, 0.2) is 24.3 Å². The van der Waals surface area contributed by atoms with E-state index in [1.165, 1.54) is 4.88 Å². The van der Waals surface area contributed by atoms with Gasteiger partial charge in [0.25, 0.3) is 5.91 Å². The lowest BCUT2D eigenvalue weighted by Crippen LogP contribution is -2.12. The first-order valence-corrected chi connectivity index (χ1v) is 9.98. The molecule has 1 aromatic carbocycles. The summed E-state index contributed by atoms with van der Waals surface area (Å²) in [6.45, 7) is 3.27. The van der Waals surface area contributed by atoms with Gasteiger partial charge in [0.05, 0.1) is 18.1 Å². The summed E-state index contributed by atoms with van der Waals surface area (Å²) in [4.78, 5) is 14.5. The van der Waals surface area contributed by atoms with E-state index in [-0.39, 0.29) is 5.91 Å². The molecule has 4 nitrogen and oxygen atoms in total. The maximum Gasteiger partial charge on any atom is 0.265 e. The molecule has 6 heteroatoms. The van der Waals surface area contributed by atoms with Gasteiger partial charge in [-0.15, -0.1) is 11.3 Å². The minimum atomic E-state index is -0.904. The van der Waals surface area contributed by atoms with Crippen molar-refractivity contribution in [2.24, 2.45) is 0 Å². The number of rotatable bonds is 4. The van der Waals surface area contributed by atoms with Crippen LogP contribution in [0.2, 0.25) is 0 Å². The lowest BCUT2D eigenvalue weighted by molar-refractivity contribution is 0.102. The van der Waals surface area contributed by atoms with Crippen LogP contribution in [-0.4, -0.2) is 23.0 Å². The number of nitrogens with one attached hydrogen (secondary N) is 1. The number of fused-ring (bicyclic) bond motifs is 1. The van der Waals surface area contributed by atoms with Crippen LogP contribution in [0.25, 0.3) is 0 Å². The molecule has 122 valence electrons. The Kier molecular flexibility index (Phi) is 4.94. The predicted molar refractivity (Wildman–Crippen MR) is 94.6 cm³/mol. The topological polar surface area (TPSA) is 55.4 Å². The molecule has 0 saturated carbocycles. The summed E-state index contributed by atoms with van der Waals surface area (Å²) in [7, 11) is -0.904. The Labute approximate surface area is 142 Å². The molecule has 0 radical (unpaired) electrons. The van der Waals surface area contributed by atoms with Crippen molar-refractivity contribution < 1.29 is 13.7 Å². The minimum absolute atomic E-state index is 0.0951. The van der Waals surface area contributed by atoms with Crippen LogP contribution in [0.5, 0.6) is 0 Å². The van der Waals surface area contributed by atoms with Gasteiger partial charge < -0.3 is 10.1 Å². The second-order valence-electron chi connectivity index (χ2n) is 5.62. The van der Waals surface area contributed by atoms with Crippen molar-refractivity contribution in [2.75, 3.05) is 18.2 Å². The van der Waals surface area contributed by atoms with Crippen molar-refractivity contribution in [3.63, 3.8) is 0 Å². The second-order valence-corrected chi connectivity index (χ2v) is 8.19. The Morgan fingerprint density at radius 1 is 1.43 bits per heavy atom. The molecule has 1 amide bonds. The van der Waals surface area contributed by atoms with Crippen LogP contribution in [0, 0.1) is 6.92 Å². The van der Waals surface area contributed by atoms with E-state index in [9.17, 15) is 9.00 Å². The standard InChI is InChI=1S/C17H19NO3S2/c1-11-12(10-23(2)20)4-3-5-14(11)18-17(19)16-8-13-9-21-7-6-15(13)22-16/h3-5,8H,6-7,9-10H2,1-2H3,(H,18,19). The lowest BCUT2D eigenvalue weighted by atomic mass is 10.1. The summed E-state index contributed by atoms with van der Waals surface area (Å²) in [5.41, 5.74) is 3.88. The maximum atomic E-state index is 12.5. The average molecular weight is 349 g/mol. The Hall–Kier alpha value is -1.50. The van der Waals surface area contributed by atoms with Crippen molar-refractivity contribution in [3.8, 4) is 0 Å². The number of hydrogen-bond donors (Lipinski definition) is 1. The number of hydrogen-bond acceptors (Lipinski definition) is 4. The van der Waals surface area contributed by atoms with E-state index < -0.39 is 10.8 Å². The number of carbonyl (C=O) groups excluding carboxylic acids is 1. The number of thiophene rings is 1. The predicted octanol–water partition coefficient (Wildman–Crippen LogP) is 3.26. The maximum absolute atomic E-state index is 12.5. The molecule has 23 heavy (non-hydrogen) atoms. The second kappa shape index (κ2) is 6.95. The normalized spacial score (nSPS) is 15.0. The van der Waals surface area contributed by atoms with Crippen LogP contribution in [0.1, 0.15) is 31.2 Å². The molecule has 3 rings (SSSR count). The van der Waals surface area contributed by atoms with Crippen LogP contribution >= 0.6 is 11.3 Å². The van der Waals surface area contributed by atoms with E-state index >= 15 is 0 Å². The summed E-state index contributed by atoms with van der Waals surface area (Å²) in [6.07, 6.45) is 2.56. The van der Waals surface area contributed by atoms with Gasteiger partial charge in [-0.3, -0.25) is 9.00 Å². The zero-order valence-corrected chi connectivity index (χ0v) is 14.8. The van der Waals surface area contributed by atoms with E-state index in [0.717, 1.165) is 35.4 Å². The summed E-state index contributed by atoms with van der Waals surface area (Å²) < 4.78 is 16.9. The van der Waals surface area contributed by atoms with Gasteiger partial charge in [0.1, 0.15) is 0 Å². The molecule has 0 saturated heterocycles. The molecule has 1 aliphatic rings. The highest BCUT2D eigenvalue weighted by Crippen LogP contribution is 2.28. The van der Waals surface area contributed by atoms with Gasteiger partial charge in [-0.1, -0.05) is 12.1 Å². The van der Waals surface area contributed by atoms with Crippen LogP contribution in [0.4, 0.5) is 5.69 Å². The first kappa shape index (κ1) is 16.4. The van der Waals surface area contributed by atoms with Crippen molar-refractivity contribution in [1.29, 1.82) is 0 Å². The molecular formula is C17H19NO3S2. The smallest absolute Gasteiger partial charge is 0.265 e. The van der Waals surface area contributed by atoms with E-state index in [0.29, 0.717) is 17.2 Å². The summed E-state index contributed by atoms with van der Waals surface area (Å²) in [5.74, 6) is 0.405. The summed E-state index contributed by atoms with van der Waals surface area (Å²) in [6, 6.07) is 7.65. The largest absolute Gasteiger partial charge is 0.376 e. The fourth-order valence-electron chi connectivity index (χ4n) is 2.64. The first-order valence-electron chi connectivity index (χ1n) is 7.44. The van der Waals surface area contributed by atoms with Gasteiger partial charge in [0.2, 0.25) is 0 Å². The molecule has 1 aliphatic heterocycles. The quantitative estimate of drug-likeness (QED) is 0.922. The highest BCUT2D eigenvalue weighted by atomic mass is 32.2. The van der Waals surface area contributed by atoms with Gasteiger partial charge in [-0.25, -0.2) is 0 Å². The van der Waals surface area contributed by atoms with Crippen molar-refractivity contribution in [1.82, 2.24) is 0 Å². The third kappa shape index (κ3) is 3.71. The molecule has 1 atom stereocenters. The molecule has 0 spiro atoms. The number of anilines is 1. The number of benzene rings is 1. The Morgan fingerprint density at radius 3 is 3.00 bits per heavy atom. The van der Waals surface area contributed by atoms with E-state index in [2.05, 4.69) is 5.32 Å². The van der Waals surface area contributed by atoms with Crippen LogP contribution in [0.3, 0.4) is 0 Å². The van der Waals surface area contributed by atoms with Gasteiger partial charge in [-0.2, -0.15) is 0 Å². The van der Waals surface area contributed by atoms with E-state index in [1.54, 1.807) is 17.6 Å². The lowest BCUT2D eigenvalue weighted by Gasteiger charge is -2.11. The molecule has 2 heterocycles. The highest BCUT2D eigenvalue weighted by Gasteiger charge is 2.18. The van der Waals surface area contributed by atoms with Crippen LogP contribution in [-0.2, 0) is 34.3 Å². The molecule has 2 aromatic rings.